The van der Waals surface area contributed by atoms with Gasteiger partial charge in [-0.05, 0) is 42.8 Å². The second kappa shape index (κ2) is 9.55. The van der Waals surface area contributed by atoms with Crippen LogP contribution in [0.15, 0.2) is 36.4 Å². The maximum absolute atomic E-state index is 12.5. The third-order valence-electron chi connectivity index (χ3n) is 3.75. The molecule has 140 valence electrons. The SMILES string of the molecule is CCN(Cc1ccc(OC)c(OC)c1)C(=O)COc1cc(Cl)cc(Cl)c1. The number of methoxy groups -OCH3 is 2. The first-order valence-electron chi connectivity index (χ1n) is 8.04. The summed E-state index contributed by atoms with van der Waals surface area (Å²) in [5.41, 5.74) is 0.934. The Morgan fingerprint density at radius 2 is 1.65 bits per heavy atom. The van der Waals surface area contributed by atoms with Crippen molar-refractivity contribution >= 4 is 29.1 Å². The van der Waals surface area contributed by atoms with E-state index in [1.807, 2.05) is 25.1 Å². The Hall–Kier alpha value is -2.11. The molecule has 2 rings (SSSR count). The molecule has 0 heterocycles. The highest BCUT2D eigenvalue weighted by Gasteiger charge is 2.15. The first-order valence-corrected chi connectivity index (χ1v) is 8.80. The van der Waals surface area contributed by atoms with Gasteiger partial charge in [0.25, 0.3) is 5.91 Å². The molecule has 0 aliphatic carbocycles. The van der Waals surface area contributed by atoms with Gasteiger partial charge >= 0.3 is 0 Å². The van der Waals surface area contributed by atoms with Crippen LogP contribution in [0.1, 0.15) is 12.5 Å². The molecule has 2 aromatic carbocycles. The van der Waals surface area contributed by atoms with Crippen LogP contribution in [0.3, 0.4) is 0 Å². The van der Waals surface area contributed by atoms with Crippen molar-refractivity contribution in [3.63, 3.8) is 0 Å². The van der Waals surface area contributed by atoms with E-state index < -0.39 is 0 Å². The lowest BCUT2D eigenvalue weighted by atomic mass is 10.2. The number of hydrogen-bond donors (Lipinski definition) is 0. The zero-order valence-corrected chi connectivity index (χ0v) is 16.4. The maximum atomic E-state index is 12.5. The fourth-order valence-electron chi connectivity index (χ4n) is 2.42. The summed E-state index contributed by atoms with van der Waals surface area (Å²) in [5.74, 6) is 1.58. The quantitative estimate of drug-likeness (QED) is 0.660. The van der Waals surface area contributed by atoms with E-state index in [9.17, 15) is 4.79 Å². The highest BCUT2D eigenvalue weighted by Crippen LogP contribution is 2.28. The van der Waals surface area contributed by atoms with E-state index in [4.69, 9.17) is 37.4 Å². The van der Waals surface area contributed by atoms with E-state index in [0.717, 1.165) is 5.56 Å². The van der Waals surface area contributed by atoms with Crippen molar-refractivity contribution in [2.45, 2.75) is 13.5 Å². The van der Waals surface area contributed by atoms with Crippen molar-refractivity contribution in [2.24, 2.45) is 0 Å². The van der Waals surface area contributed by atoms with Gasteiger partial charge in [-0.15, -0.1) is 0 Å². The third kappa shape index (κ3) is 5.44. The summed E-state index contributed by atoms with van der Waals surface area (Å²) in [6.45, 7) is 2.80. The van der Waals surface area contributed by atoms with E-state index in [2.05, 4.69) is 0 Å². The molecule has 0 radical (unpaired) electrons. The van der Waals surface area contributed by atoms with Crippen LogP contribution in [0.2, 0.25) is 10.0 Å². The number of halogens is 2. The molecule has 0 aromatic heterocycles. The van der Waals surface area contributed by atoms with Gasteiger partial charge in [-0.1, -0.05) is 29.3 Å². The van der Waals surface area contributed by atoms with Crippen LogP contribution in [-0.2, 0) is 11.3 Å². The summed E-state index contributed by atoms with van der Waals surface area (Å²) in [6, 6.07) is 10.4. The summed E-state index contributed by atoms with van der Waals surface area (Å²) >= 11 is 11.9. The number of benzene rings is 2. The first-order chi connectivity index (χ1) is 12.5. The fourth-order valence-corrected chi connectivity index (χ4v) is 2.93. The minimum Gasteiger partial charge on any atom is -0.493 e. The van der Waals surface area contributed by atoms with Crippen molar-refractivity contribution in [2.75, 3.05) is 27.4 Å². The van der Waals surface area contributed by atoms with E-state index in [1.54, 1.807) is 37.3 Å². The Kier molecular flexibility index (Phi) is 7.42. The van der Waals surface area contributed by atoms with Gasteiger partial charge < -0.3 is 19.1 Å². The molecule has 0 saturated carbocycles. The second-order valence-corrected chi connectivity index (χ2v) is 6.36. The van der Waals surface area contributed by atoms with Gasteiger partial charge in [0.2, 0.25) is 0 Å². The predicted octanol–water partition coefficient (Wildman–Crippen LogP) is 4.44. The van der Waals surface area contributed by atoms with Crippen LogP contribution in [0.5, 0.6) is 17.2 Å². The first kappa shape index (κ1) is 20.2. The Morgan fingerprint density at radius 1 is 1.00 bits per heavy atom. The second-order valence-electron chi connectivity index (χ2n) is 5.49. The van der Waals surface area contributed by atoms with Crippen molar-refractivity contribution in [1.29, 1.82) is 0 Å². The van der Waals surface area contributed by atoms with Gasteiger partial charge in [0, 0.05) is 23.1 Å². The van der Waals surface area contributed by atoms with Crippen molar-refractivity contribution in [3.05, 3.63) is 52.0 Å². The average molecular weight is 398 g/mol. The Morgan fingerprint density at radius 3 is 2.23 bits per heavy atom. The molecule has 0 atom stereocenters. The van der Waals surface area contributed by atoms with Gasteiger partial charge in [-0.2, -0.15) is 0 Å². The molecule has 2 aromatic rings. The molecule has 0 saturated heterocycles. The molecule has 0 spiro atoms. The minimum atomic E-state index is -0.140. The monoisotopic (exact) mass is 397 g/mol. The lowest BCUT2D eigenvalue weighted by Crippen LogP contribution is -2.34. The van der Waals surface area contributed by atoms with Gasteiger partial charge in [-0.3, -0.25) is 4.79 Å². The summed E-state index contributed by atoms with van der Waals surface area (Å²) in [7, 11) is 3.16. The lowest BCUT2D eigenvalue weighted by molar-refractivity contribution is -0.133. The number of carbonyl (C=O) groups excluding carboxylic acids is 1. The van der Waals surface area contributed by atoms with E-state index >= 15 is 0 Å². The molecule has 0 N–H and O–H groups in total. The van der Waals surface area contributed by atoms with Crippen LogP contribution in [-0.4, -0.2) is 38.2 Å². The number of rotatable bonds is 8. The summed E-state index contributed by atoms with van der Waals surface area (Å²) in [5, 5.41) is 0.912. The van der Waals surface area contributed by atoms with Crippen LogP contribution in [0, 0.1) is 0 Å². The van der Waals surface area contributed by atoms with Crippen LogP contribution >= 0.6 is 23.2 Å². The van der Waals surface area contributed by atoms with E-state index in [-0.39, 0.29) is 12.5 Å². The Balaban J connectivity index is 2.02. The van der Waals surface area contributed by atoms with Crippen molar-refractivity contribution in [1.82, 2.24) is 4.90 Å². The van der Waals surface area contributed by atoms with E-state index in [0.29, 0.717) is 40.4 Å². The van der Waals surface area contributed by atoms with Crippen LogP contribution in [0.4, 0.5) is 0 Å². The molecule has 0 bridgehead atoms. The standard InChI is InChI=1S/C19H21Cl2NO4/c1-4-22(11-13-5-6-17(24-2)18(7-13)25-3)19(23)12-26-16-9-14(20)8-15(21)10-16/h5-10H,4,11-12H2,1-3H3. The number of carbonyl (C=O) groups is 1. The highest BCUT2D eigenvalue weighted by molar-refractivity contribution is 6.34. The average Bonchev–Trinajstić information content (AvgIpc) is 2.63. The maximum Gasteiger partial charge on any atom is 0.260 e. The molecule has 0 fully saturated rings. The zero-order valence-electron chi connectivity index (χ0n) is 14.9. The summed E-state index contributed by atoms with van der Waals surface area (Å²) in [6.07, 6.45) is 0. The summed E-state index contributed by atoms with van der Waals surface area (Å²) in [4.78, 5) is 14.2. The number of likely N-dealkylation sites (N-methyl/N-ethyl adjacent to an activating group) is 1. The molecule has 26 heavy (non-hydrogen) atoms. The van der Waals surface area contributed by atoms with Gasteiger partial charge in [0.15, 0.2) is 18.1 Å². The smallest absolute Gasteiger partial charge is 0.260 e. The number of amides is 1. The van der Waals surface area contributed by atoms with Gasteiger partial charge in [0.1, 0.15) is 5.75 Å². The molecule has 0 aliphatic heterocycles. The van der Waals surface area contributed by atoms with Crippen LogP contribution in [0.25, 0.3) is 0 Å². The van der Waals surface area contributed by atoms with Gasteiger partial charge in [0.05, 0.1) is 14.2 Å². The number of hydrogen-bond acceptors (Lipinski definition) is 4. The number of ether oxygens (including phenoxy) is 3. The molecular weight excluding hydrogens is 377 g/mol. The number of nitrogens with zero attached hydrogens (tertiary/aromatic N) is 1. The Labute approximate surface area is 163 Å². The van der Waals surface area contributed by atoms with E-state index in [1.165, 1.54) is 0 Å². The van der Waals surface area contributed by atoms with Gasteiger partial charge in [-0.25, -0.2) is 0 Å². The molecular formula is C19H21Cl2NO4. The fraction of sp³-hybridized carbons (Fsp3) is 0.316. The molecule has 0 aliphatic rings. The predicted molar refractivity (Wildman–Crippen MR) is 103 cm³/mol. The lowest BCUT2D eigenvalue weighted by Gasteiger charge is -2.22. The molecule has 1 amide bonds. The zero-order chi connectivity index (χ0) is 19.1. The van der Waals surface area contributed by atoms with Crippen molar-refractivity contribution in [3.8, 4) is 17.2 Å². The minimum absolute atomic E-state index is 0.0994. The summed E-state index contributed by atoms with van der Waals surface area (Å²) < 4.78 is 16.1. The molecule has 5 nitrogen and oxygen atoms in total. The third-order valence-corrected chi connectivity index (χ3v) is 4.19. The normalized spacial score (nSPS) is 10.3. The molecule has 0 unspecified atom stereocenters. The van der Waals surface area contributed by atoms with Crippen molar-refractivity contribution < 1.29 is 19.0 Å². The largest absolute Gasteiger partial charge is 0.493 e. The van der Waals surface area contributed by atoms with Crippen LogP contribution < -0.4 is 14.2 Å². The topological polar surface area (TPSA) is 48.0 Å². The molecule has 7 heteroatoms. The highest BCUT2D eigenvalue weighted by atomic mass is 35.5. The Bertz CT molecular complexity index is 747.